The number of benzene rings is 1. The summed E-state index contributed by atoms with van der Waals surface area (Å²) >= 11 is 6.34. The molecule has 2 fully saturated rings. The van der Waals surface area contributed by atoms with Crippen LogP contribution in [0.25, 0.3) is 0 Å². The molecule has 1 aromatic heterocycles. The Kier molecular flexibility index (Phi) is 6.92. The minimum Gasteiger partial charge on any atom is -0.489 e. The van der Waals surface area contributed by atoms with Crippen LogP contribution in [-0.4, -0.2) is 72.6 Å². The predicted octanol–water partition coefficient (Wildman–Crippen LogP) is 3.02. The van der Waals surface area contributed by atoms with E-state index in [2.05, 4.69) is 14.7 Å². The lowest BCUT2D eigenvalue weighted by molar-refractivity contribution is 0.134. The van der Waals surface area contributed by atoms with E-state index in [1.54, 1.807) is 4.90 Å². The Balaban J connectivity index is 1.30. The number of carbonyl (C=O) groups is 1. The van der Waals surface area contributed by atoms with Gasteiger partial charge in [0.1, 0.15) is 5.75 Å². The van der Waals surface area contributed by atoms with Crippen LogP contribution in [0.5, 0.6) is 5.75 Å². The Morgan fingerprint density at radius 2 is 1.91 bits per heavy atom. The first-order valence-corrected chi connectivity index (χ1v) is 13.0. The molecule has 1 N–H and O–H groups in total. The molecule has 4 rings (SSSR count). The highest BCUT2D eigenvalue weighted by Gasteiger charge is 2.24. The van der Waals surface area contributed by atoms with Gasteiger partial charge >= 0.3 is 6.03 Å². The van der Waals surface area contributed by atoms with Gasteiger partial charge in [0.15, 0.2) is 5.82 Å². The first-order valence-electron chi connectivity index (χ1n) is 10.8. The average Bonchev–Trinajstić information content (AvgIpc) is 3.41. The number of amides is 1. The average molecular weight is 482 g/mol. The Morgan fingerprint density at radius 3 is 2.59 bits per heavy atom. The number of hydrogen-bond donors (Lipinski definition) is 1. The van der Waals surface area contributed by atoms with Gasteiger partial charge in [-0.15, -0.1) is 5.10 Å². The van der Waals surface area contributed by atoms with Gasteiger partial charge in [0, 0.05) is 45.0 Å². The summed E-state index contributed by atoms with van der Waals surface area (Å²) in [5, 5.41) is 4.65. The summed E-state index contributed by atoms with van der Waals surface area (Å²) < 4.78 is 32.2. The number of nitrogens with zero attached hydrogens (tertiary/aromatic N) is 4. The fourth-order valence-electron chi connectivity index (χ4n) is 4.10. The fraction of sp³-hybridized carbons (Fsp3) is 0.524. The third kappa shape index (κ3) is 5.93. The molecule has 0 spiro atoms. The molecule has 11 heteroatoms. The van der Waals surface area contributed by atoms with E-state index in [0.717, 1.165) is 54.7 Å². The van der Waals surface area contributed by atoms with Gasteiger partial charge in [-0.05, 0) is 43.4 Å². The van der Waals surface area contributed by atoms with Crippen LogP contribution in [0, 0.1) is 0 Å². The summed E-state index contributed by atoms with van der Waals surface area (Å²) in [5.41, 5.74) is 1.13. The topological polar surface area (TPSA) is 96.8 Å². The van der Waals surface area contributed by atoms with Gasteiger partial charge in [-0.25, -0.2) is 13.2 Å². The molecule has 1 aliphatic carbocycles. The van der Waals surface area contributed by atoms with Crippen LogP contribution in [-0.2, 0) is 16.6 Å². The van der Waals surface area contributed by atoms with Gasteiger partial charge in [0.2, 0.25) is 10.0 Å². The van der Waals surface area contributed by atoms with Crippen molar-refractivity contribution >= 4 is 33.5 Å². The van der Waals surface area contributed by atoms with E-state index in [-0.39, 0.29) is 18.0 Å². The van der Waals surface area contributed by atoms with Crippen molar-refractivity contribution in [2.24, 2.45) is 0 Å². The number of piperazine rings is 1. The van der Waals surface area contributed by atoms with Crippen molar-refractivity contribution in [2.45, 2.75) is 38.3 Å². The van der Waals surface area contributed by atoms with Gasteiger partial charge in [0.25, 0.3) is 0 Å². The molecule has 2 aromatic rings. The number of rotatable bonds is 6. The van der Waals surface area contributed by atoms with Crippen molar-refractivity contribution in [1.29, 1.82) is 0 Å². The van der Waals surface area contributed by atoms with E-state index in [0.29, 0.717) is 18.1 Å². The van der Waals surface area contributed by atoms with E-state index in [1.807, 2.05) is 18.2 Å². The lowest BCUT2D eigenvalue weighted by Gasteiger charge is -2.34. The molecular formula is C21H28ClN5O4S. The van der Waals surface area contributed by atoms with E-state index in [1.165, 1.54) is 25.1 Å². The maximum absolute atomic E-state index is 12.7. The second kappa shape index (κ2) is 9.68. The third-order valence-corrected chi connectivity index (χ3v) is 6.61. The Bertz CT molecular complexity index is 1060. The first kappa shape index (κ1) is 22.9. The SMILES string of the molecule is CS(=O)(=O)Nc1ccn(C(=O)N2CCN(Cc3ccc(Cl)c(OC4CCCC4)c3)CC2)n1. The highest BCUT2D eigenvalue weighted by molar-refractivity contribution is 7.92. The van der Waals surface area contributed by atoms with Crippen LogP contribution in [0.15, 0.2) is 30.5 Å². The number of halogens is 1. The molecule has 1 aromatic carbocycles. The standard InChI is InChI=1S/C21H28ClN5O4S/c1-32(29,30)24-20-8-9-27(23-20)21(28)26-12-10-25(11-13-26)15-16-6-7-18(22)19(14-16)31-17-4-2-3-5-17/h6-9,14,17H,2-5,10-13,15H2,1H3,(H,23,24). The molecule has 32 heavy (non-hydrogen) atoms. The summed E-state index contributed by atoms with van der Waals surface area (Å²) in [6.07, 6.45) is 7.34. The zero-order valence-electron chi connectivity index (χ0n) is 18.0. The molecule has 0 radical (unpaired) electrons. The van der Waals surface area contributed by atoms with Crippen LogP contribution < -0.4 is 9.46 Å². The highest BCUT2D eigenvalue weighted by Crippen LogP contribution is 2.31. The Hall–Kier alpha value is -2.30. The van der Waals surface area contributed by atoms with Crippen molar-refractivity contribution in [1.82, 2.24) is 19.6 Å². The minimum atomic E-state index is -3.44. The maximum atomic E-state index is 12.7. The van der Waals surface area contributed by atoms with Crippen molar-refractivity contribution in [3.63, 3.8) is 0 Å². The van der Waals surface area contributed by atoms with Crippen molar-refractivity contribution in [2.75, 3.05) is 37.2 Å². The normalized spacial score (nSPS) is 18.1. The van der Waals surface area contributed by atoms with Crippen LogP contribution >= 0.6 is 11.6 Å². The van der Waals surface area contributed by atoms with Crippen LogP contribution in [0.4, 0.5) is 10.6 Å². The number of ether oxygens (including phenoxy) is 1. The fourth-order valence-corrected chi connectivity index (χ4v) is 4.75. The number of sulfonamides is 1. The molecule has 1 saturated heterocycles. The number of anilines is 1. The quantitative estimate of drug-likeness (QED) is 0.681. The second-order valence-electron chi connectivity index (χ2n) is 8.35. The van der Waals surface area contributed by atoms with Gasteiger partial charge in [-0.1, -0.05) is 17.7 Å². The summed E-state index contributed by atoms with van der Waals surface area (Å²) in [4.78, 5) is 16.7. The van der Waals surface area contributed by atoms with Crippen molar-refractivity contribution < 1.29 is 17.9 Å². The van der Waals surface area contributed by atoms with E-state index >= 15 is 0 Å². The molecule has 0 atom stereocenters. The highest BCUT2D eigenvalue weighted by atomic mass is 35.5. The maximum Gasteiger partial charge on any atom is 0.344 e. The van der Waals surface area contributed by atoms with Crippen molar-refractivity contribution in [3.05, 3.63) is 41.0 Å². The van der Waals surface area contributed by atoms with Gasteiger partial charge in [0.05, 0.1) is 17.4 Å². The molecule has 2 aliphatic rings. The minimum absolute atomic E-state index is 0.123. The lowest BCUT2D eigenvalue weighted by Crippen LogP contribution is -2.49. The Morgan fingerprint density at radius 1 is 1.19 bits per heavy atom. The number of carbonyl (C=O) groups excluding carboxylic acids is 1. The number of nitrogens with one attached hydrogen (secondary N) is 1. The van der Waals surface area contributed by atoms with Gasteiger partial charge in [-0.3, -0.25) is 9.62 Å². The molecule has 1 saturated carbocycles. The molecule has 1 amide bonds. The van der Waals surface area contributed by atoms with Gasteiger partial charge in [-0.2, -0.15) is 4.68 Å². The third-order valence-electron chi connectivity index (χ3n) is 5.72. The largest absolute Gasteiger partial charge is 0.489 e. The molecule has 174 valence electrons. The molecule has 1 aliphatic heterocycles. The Labute approximate surface area is 193 Å². The zero-order valence-corrected chi connectivity index (χ0v) is 19.6. The summed E-state index contributed by atoms with van der Waals surface area (Å²) in [6, 6.07) is 7.12. The second-order valence-corrected chi connectivity index (χ2v) is 10.5. The lowest BCUT2D eigenvalue weighted by atomic mass is 10.2. The molecule has 2 heterocycles. The van der Waals surface area contributed by atoms with Crippen LogP contribution in [0.2, 0.25) is 5.02 Å². The molecule has 0 bridgehead atoms. The number of hydrogen-bond acceptors (Lipinski definition) is 6. The van der Waals surface area contributed by atoms with E-state index in [9.17, 15) is 13.2 Å². The smallest absolute Gasteiger partial charge is 0.344 e. The van der Waals surface area contributed by atoms with E-state index < -0.39 is 10.0 Å². The molecule has 9 nitrogen and oxygen atoms in total. The number of aromatic nitrogens is 2. The summed E-state index contributed by atoms with van der Waals surface area (Å²) in [7, 11) is -3.44. The molecular weight excluding hydrogens is 454 g/mol. The van der Waals surface area contributed by atoms with Crippen LogP contribution in [0.1, 0.15) is 31.2 Å². The monoisotopic (exact) mass is 481 g/mol. The van der Waals surface area contributed by atoms with Crippen molar-refractivity contribution in [3.8, 4) is 5.75 Å². The van der Waals surface area contributed by atoms with Gasteiger partial charge < -0.3 is 9.64 Å². The zero-order chi connectivity index (χ0) is 22.7. The summed E-state index contributed by atoms with van der Waals surface area (Å²) in [6.45, 7) is 3.33. The predicted molar refractivity (Wildman–Crippen MR) is 123 cm³/mol. The summed E-state index contributed by atoms with van der Waals surface area (Å²) in [5.74, 6) is 0.875. The van der Waals surface area contributed by atoms with Crippen LogP contribution in [0.3, 0.4) is 0 Å². The molecule has 0 unspecified atom stereocenters. The van der Waals surface area contributed by atoms with E-state index in [4.69, 9.17) is 16.3 Å². The first-order chi connectivity index (χ1) is 15.3.